The van der Waals surface area contributed by atoms with Crippen LogP contribution in [-0.4, -0.2) is 24.7 Å². The Labute approximate surface area is 126 Å². The van der Waals surface area contributed by atoms with Crippen molar-refractivity contribution < 1.29 is 9.53 Å². The number of nitrogens with zero attached hydrogens (tertiary/aromatic N) is 1. The molecule has 110 valence electrons. The van der Waals surface area contributed by atoms with E-state index in [9.17, 15) is 4.79 Å². The maximum atomic E-state index is 12.2. The van der Waals surface area contributed by atoms with E-state index in [1.807, 2.05) is 18.2 Å². The second kappa shape index (κ2) is 6.11. The van der Waals surface area contributed by atoms with Crippen LogP contribution in [-0.2, 0) is 13.1 Å². The van der Waals surface area contributed by atoms with Crippen LogP contribution in [0, 0.1) is 0 Å². The molecule has 0 aromatic carbocycles. The van der Waals surface area contributed by atoms with E-state index < -0.39 is 0 Å². The summed E-state index contributed by atoms with van der Waals surface area (Å²) in [6.45, 7) is 1.99. The third-order valence-corrected chi connectivity index (χ3v) is 4.32. The fraction of sp³-hybridized carbons (Fsp3) is 0.286. The molecule has 21 heavy (non-hydrogen) atoms. The van der Waals surface area contributed by atoms with Gasteiger partial charge in [0.25, 0.3) is 5.91 Å². The summed E-state index contributed by atoms with van der Waals surface area (Å²) in [5.74, 6) is 0.482. The maximum Gasteiger partial charge on any atom is 0.261 e. The number of rotatable bonds is 4. The Balaban J connectivity index is 1.64. The van der Waals surface area contributed by atoms with Crippen LogP contribution in [0.5, 0.6) is 5.88 Å². The number of carbonyl (C=O) groups excluding carboxylic acids is 1. The van der Waals surface area contributed by atoms with Crippen LogP contribution in [0.25, 0.3) is 0 Å². The summed E-state index contributed by atoms with van der Waals surface area (Å²) in [5, 5.41) is 10.4. The highest BCUT2D eigenvalue weighted by Gasteiger charge is 2.16. The normalized spacial score (nSPS) is 13.2. The summed E-state index contributed by atoms with van der Waals surface area (Å²) in [5.41, 5.74) is 2.10. The van der Waals surface area contributed by atoms with Gasteiger partial charge in [0.2, 0.25) is 5.88 Å². The van der Waals surface area contributed by atoms with Crippen molar-refractivity contribution >= 4 is 22.2 Å². The zero-order valence-electron chi connectivity index (χ0n) is 11.6. The summed E-state index contributed by atoms with van der Waals surface area (Å²) in [6, 6.07) is 5.60. The molecule has 0 aliphatic carbocycles. The summed E-state index contributed by atoms with van der Waals surface area (Å²) < 4.78 is 5.06. The molecule has 3 N–H and O–H groups in total. The topological polar surface area (TPSA) is 75.3 Å². The highest BCUT2D eigenvalue weighted by molar-refractivity contribution is 7.18. The molecule has 0 saturated carbocycles. The van der Waals surface area contributed by atoms with E-state index in [1.165, 1.54) is 11.3 Å². The van der Waals surface area contributed by atoms with Crippen LogP contribution in [0.4, 0.5) is 5.00 Å². The van der Waals surface area contributed by atoms with E-state index in [0.29, 0.717) is 12.4 Å². The summed E-state index contributed by atoms with van der Waals surface area (Å²) in [7, 11) is 1.57. The summed E-state index contributed by atoms with van der Waals surface area (Å²) in [6.07, 6.45) is 1.67. The van der Waals surface area contributed by atoms with Gasteiger partial charge in [0.15, 0.2) is 0 Å². The van der Waals surface area contributed by atoms with E-state index in [1.54, 1.807) is 13.3 Å². The molecule has 1 aliphatic heterocycles. The number of ether oxygens (including phenoxy) is 1. The minimum Gasteiger partial charge on any atom is -0.481 e. The van der Waals surface area contributed by atoms with Crippen molar-refractivity contribution in [3.63, 3.8) is 0 Å². The predicted molar refractivity (Wildman–Crippen MR) is 81.6 cm³/mol. The van der Waals surface area contributed by atoms with Crippen LogP contribution in [0.1, 0.15) is 20.8 Å². The van der Waals surface area contributed by atoms with Gasteiger partial charge in [0.05, 0.1) is 23.7 Å². The van der Waals surface area contributed by atoms with E-state index in [0.717, 1.165) is 34.2 Å². The minimum absolute atomic E-state index is 0.0630. The first kappa shape index (κ1) is 13.8. The average molecular weight is 304 g/mol. The molecule has 0 spiro atoms. The molecule has 0 bridgehead atoms. The highest BCUT2D eigenvalue weighted by Crippen LogP contribution is 2.29. The Bertz CT molecular complexity index is 633. The first-order chi connectivity index (χ1) is 10.3. The van der Waals surface area contributed by atoms with Gasteiger partial charge in [-0.1, -0.05) is 0 Å². The lowest BCUT2D eigenvalue weighted by atomic mass is 10.2. The summed E-state index contributed by atoms with van der Waals surface area (Å²) >= 11 is 1.49. The van der Waals surface area contributed by atoms with Crippen molar-refractivity contribution in [3.8, 4) is 5.88 Å². The number of fused-ring (bicyclic) bond motifs is 1. The molecular weight excluding hydrogens is 288 g/mol. The van der Waals surface area contributed by atoms with Gasteiger partial charge in [0.1, 0.15) is 0 Å². The second-order valence-electron chi connectivity index (χ2n) is 4.63. The quantitative estimate of drug-likeness (QED) is 0.799. The minimum atomic E-state index is -0.0630. The van der Waals surface area contributed by atoms with E-state index in [2.05, 4.69) is 20.9 Å². The lowest BCUT2D eigenvalue weighted by Crippen LogP contribution is -2.26. The van der Waals surface area contributed by atoms with Crippen molar-refractivity contribution in [2.24, 2.45) is 0 Å². The van der Waals surface area contributed by atoms with Crippen LogP contribution < -0.4 is 20.7 Å². The van der Waals surface area contributed by atoms with Crippen LogP contribution in [0.2, 0.25) is 0 Å². The number of nitrogens with one attached hydrogen (secondary N) is 3. The number of thiophene rings is 1. The number of hydrogen-bond acceptors (Lipinski definition) is 6. The lowest BCUT2D eigenvalue weighted by molar-refractivity contribution is 0.0955. The SMILES string of the molecule is COc1cc(CNC(=O)c2cc3c(s2)NCNC3)ccn1. The lowest BCUT2D eigenvalue weighted by Gasteiger charge is -2.13. The van der Waals surface area contributed by atoms with Crippen molar-refractivity contribution in [1.29, 1.82) is 0 Å². The number of hydrogen-bond donors (Lipinski definition) is 3. The fourth-order valence-electron chi connectivity index (χ4n) is 2.10. The molecular formula is C14H16N4O2S. The molecule has 0 unspecified atom stereocenters. The van der Waals surface area contributed by atoms with Gasteiger partial charge >= 0.3 is 0 Å². The van der Waals surface area contributed by atoms with Crippen LogP contribution >= 0.6 is 11.3 Å². The zero-order valence-corrected chi connectivity index (χ0v) is 12.4. The maximum absolute atomic E-state index is 12.2. The summed E-state index contributed by atoms with van der Waals surface area (Å²) in [4.78, 5) is 17.0. The van der Waals surface area contributed by atoms with Gasteiger partial charge in [-0.2, -0.15) is 0 Å². The van der Waals surface area contributed by atoms with E-state index in [-0.39, 0.29) is 5.91 Å². The van der Waals surface area contributed by atoms with E-state index in [4.69, 9.17) is 4.74 Å². The van der Waals surface area contributed by atoms with Crippen molar-refractivity contribution in [1.82, 2.24) is 15.6 Å². The first-order valence-electron chi connectivity index (χ1n) is 6.60. The monoisotopic (exact) mass is 304 g/mol. The Morgan fingerprint density at radius 3 is 3.24 bits per heavy atom. The van der Waals surface area contributed by atoms with Gasteiger partial charge in [-0.05, 0) is 17.7 Å². The molecule has 3 heterocycles. The van der Waals surface area contributed by atoms with Crippen molar-refractivity contribution in [3.05, 3.63) is 40.4 Å². The third-order valence-electron chi connectivity index (χ3n) is 3.18. The zero-order chi connectivity index (χ0) is 14.7. The molecule has 0 atom stereocenters. The Kier molecular flexibility index (Phi) is 4.03. The number of carbonyl (C=O) groups is 1. The van der Waals surface area contributed by atoms with Gasteiger partial charge in [0, 0.05) is 30.9 Å². The van der Waals surface area contributed by atoms with Gasteiger partial charge in [-0.15, -0.1) is 11.3 Å². The van der Waals surface area contributed by atoms with E-state index >= 15 is 0 Å². The molecule has 6 nitrogen and oxygen atoms in total. The van der Waals surface area contributed by atoms with Crippen molar-refractivity contribution in [2.75, 3.05) is 19.1 Å². The van der Waals surface area contributed by atoms with Crippen molar-refractivity contribution in [2.45, 2.75) is 13.1 Å². The number of pyridine rings is 1. The van der Waals surface area contributed by atoms with Crippen LogP contribution in [0.15, 0.2) is 24.4 Å². The number of aromatic nitrogens is 1. The predicted octanol–water partition coefficient (Wildman–Crippen LogP) is 1.55. The second-order valence-corrected chi connectivity index (χ2v) is 5.69. The molecule has 0 fully saturated rings. The average Bonchev–Trinajstić information content (AvgIpc) is 2.97. The first-order valence-corrected chi connectivity index (χ1v) is 7.42. The van der Waals surface area contributed by atoms with Gasteiger partial charge < -0.3 is 15.4 Å². The van der Waals surface area contributed by atoms with Gasteiger partial charge in [-0.25, -0.2) is 4.98 Å². The number of methoxy groups -OCH3 is 1. The molecule has 1 amide bonds. The number of anilines is 1. The molecule has 0 saturated heterocycles. The molecule has 0 radical (unpaired) electrons. The highest BCUT2D eigenvalue weighted by atomic mass is 32.1. The van der Waals surface area contributed by atoms with Crippen LogP contribution in [0.3, 0.4) is 0 Å². The Hall–Kier alpha value is -2.12. The molecule has 1 aliphatic rings. The fourth-order valence-corrected chi connectivity index (χ4v) is 3.10. The van der Waals surface area contributed by atoms with Gasteiger partial charge in [-0.3, -0.25) is 10.1 Å². The Morgan fingerprint density at radius 2 is 2.43 bits per heavy atom. The third kappa shape index (κ3) is 3.14. The molecule has 2 aromatic rings. The molecule has 2 aromatic heterocycles. The molecule has 3 rings (SSSR count). The standard InChI is InChI=1S/C14H16N4O2S/c1-20-12-4-9(2-3-16-12)6-17-13(19)11-5-10-7-15-8-18-14(10)21-11/h2-5,15,18H,6-8H2,1H3,(H,17,19). The number of amides is 1. The largest absolute Gasteiger partial charge is 0.481 e. The smallest absolute Gasteiger partial charge is 0.261 e. The molecule has 7 heteroatoms. The Morgan fingerprint density at radius 1 is 1.52 bits per heavy atom.